The zero-order valence-corrected chi connectivity index (χ0v) is 16.9. The molecule has 132 valence electrons. The average molecular weight is 393 g/mol. The van der Waals surface area contributed by atoms with Crippen LogP contribution in [0.15, 0.2) is 34.2 Å². The molecule has 6 heteroatoms. The first kappa shape index (κ1) is 18.5. The molecule has 2 aromatic heterocycles. The third-order valence-corrected chi connectivity index (χ3v) is 6.58. The number of thiophene rings is 1. The first-order chi connectivity index (χ1) is 12.0. The predicted octanol–water partition coefficient (Wildman–Crippen LogP) is 5.83. The number of aromatic nitrogens is 2. The molecular formula is C19H21ClN2OS2. The van der Waals surface area contributed by atoms with Crippen LogP contribution in [0.1, 0.15) is 36.3 Å². The van der Waals surface area contributed by atoms with Crippen LogP contribution in [0.5, 0.6) is 0 Å². The van der Waals surface area contributed by atoms with E-state index in [4.69, 9.17) is 11.6 Å². The van der Waals surface area contributed by atoms with E-state index in [1.165, 1.54) is 16.6 Å². The van der Waals surface area contributed by atoms with Gasteiger partial charge in [-0.2, -0.15) is 0 Å². The van der Waals surface area contributed by atoms with E-state index in [-0.39, 0.29) is 5.56 Å². The van der Waals surface area contributed by atoms with Crippen LogP contribution in [-0.4, -0.2) is 9.97 Å². The molecule has 1 atom stereocenters. The number of aromatic amines is 1. The Balaban J connectivity index is 1.88. The minimum Gasteiger partial charge on any atom is -0.301 e. The third kappa shape index (κ3) is 4.27. The van der Waals surface area contributed by atoms with Crippen molar-refractivity contribution in [2.75, 3.05) is 0 Å². The minimum absolute atomic E-state index is 0.0266. The van der Waals surface area contributed by atoms with Crippen molar-refractivity contribution in [3.63, 3.8) is 0 Å². The first-order valence-electron chi connectivity index (χ1n) is 8.37. The molecule has 0 aliphatic carbocycles. The molecule has 1 N–H and O–H groups in total. The van der Waals surface area contributed by atoms with Gasteiger partial charge < -0.3 is 4.98 Å². The number of fused-ring (bicyclic) bond motifs is 1. The number of rotatable bonds is 6. The number of nitrogens with zero attached hydrogens (tertiary/aromatic N) is 1. The van der Waals surface area contributed by atoms with Gasteiger partial charge in [-0.05, 0) is 42.5 Å². The molecule has 0 bridgehead atoms. The Bertz CT molecular complexity index is 948. The van der Waals surface area contributed by atoms with E-state index in [0.29, 0.717) is 11.1 Å². The van der Waals surface area contributed by atoms with Gasteiger partial charge in [0.2, 0.25) is 0 Å². The second-order valence-corrected chi connectivity index (χ2v) is 8.93. The van der Waals surface area contributed by atoms with Gasteiger partial charge in [0, 0.05) is 15.7 Å². The summed E-state index contributed by atoms with van der Waals surface area (Å²) < 4.78 is 0. The molecule has 2 heterocycles. The molecule has 0 radical (unpaired) electrons. The standard InChI is InChI=1S/C19H21ClN2OS2/c1-4-11(2)8-15-12(3)25-18-16(15)17(23)21-19(22-18)24-10-13-6-5-7-14(20)9-13/h5-7,9,11H,4,8,10H2,1-3H3,(H,21,22,23)/t11-/m1/s1. The van der Waals surface area contributed by atoms with E-state index in [9.17, 15) is 4.79 Å². The van der Waals surface area contributed by atoms with Crippen LogP contribution in [0, 0.1) is 12.8 Å². The molecule has 3 nitrogen and oxygen atoms in total. The van der Waals surface area contributed by atoms with Crippen molar-refractivity contribution in [3.8, 4) is 0 Å². The van der Waals surface area contributed by atoms with Crippen molar-refractivity contribution < 1.29 is 0 Å². The Morgan fingerprint density at radius 3 is 2.92 bits per heavy atom. The zero-order valence-electron chi connectivity index (χ0n) is 14.6. The van der Waals surface area contributed by atoms with Crippen molar-refractivity contribution in [1.82, 2.24) is 9.97 Å². The Kier molecular flexibility index (Phi) is 5.87. The number of hydrogen-bond acceptors (Lipinski definition) is 4. The van der Waals surface area contributed by atoms with Gasteiger partial charge in [-0.15, -0.1) is 11.3 Å². The number of thioether (sulfide) groups is 1. The summed E-state index contributed by atoms with van der Waals surface area (Å²) in [5.74, 6) is 1.28. The van der Waals surface area contributed by atoms with Gasteiger partial charge in [-0.1, -0.05) is 55.8 Å². The lowest BCUT2D eigenvalue weighted by Crippen LogP contribution is -2.11. The lowest BCUT2D eigenvalue weighted by atomic mass is 9.98. The van der Waals surface area contributed by atoms with E-state index < -0.39 is 0 Å². The van der Waals surface area contributed by atoms with Gasteiger partial charge in [0.1, 0.15) is 4.83 Å². The highest BCUT2D eigenvalue weighted by Crippen LogP contribution is 2.31. The highest BCUT2D eigenvalue weighted by molar-refractivity contribution is 7.98. The average Bonchev–Trinajstić information content (AvgIpc) is 2.89. The monoisotopic (exact) mass is 392 g/mol. The fourth-order valence-electron chi connectivity index (χ4n) is 2.74. The summed E-state index contributed by atoms with van der Waals surface area (Å²) in [7, 11) is 0. The Morgan fingerprint density at radius 1 is 1.40 bits per heavy atom. The maximum atomic E-state index is 12.6. The Hall–Kier alpha value is -1.30. The molecule has 3 aromatic rings. The third-order valence-electron chi connectivity index (χ3n) is 4.36. The van der Waals surface area contributed by atoms with Crippen LogP contribution in [0.4, 0.5) is 0 Å². The quantitative estimate of drug-likeness (QED) is 0.424. The van der Waals surface area contributed by atoms with Gasteiger partial charge in [-0.3, -0.25) is 4.79 Å². The summed E-state index contributed by atoms with van der Waals surface area (Å²) in [5, 5.41) is 2.15. The van der Waals surface area contributed by atoms with Gasteiger partial charge in [0.05, 0.1) is 5.39 Å². The summed E-state index contributed by atoms with van der Waals surface area (Å²) in [4.78, 5) is 22.3. The number of hydrogen-bond donors (Lipinski definition) is 1. The maximum absolute atomic E-state index is 12.6. The first-order valence-corrected chi connectivity index (χ1v) is 10.6. The second kappa shape index (κ2) is 7.94. The van der Waals surface area contributed by atoms with E-state index in [2.05, 4.69) is 30.7 Å². The molecule has 0 saturated carbocycles. The van der Waals surface area contributed by atoms with Gasteiger partial charge in [0.25, 0.3) is 5.56 Å². The van der Waals surface area contributed by atoms with Crippen molar-refractivity contribution in [3.05, 3.63) is 55.6 Å². The van der Waals surface area contributed by atoms with Crippen LogP contribution in [0.25, 0.3) is 10.2 Å². The fraction of sp³-hybridized carbons (Fsp3) is 0.368. The van der Waals surface area contributed by atoms with Crippen molar-refractivity contribution in [2.45, 2.75) is 44.5 Å². The molecule has 0 aliphatic rings. The summed E-state index contributed by atoms with van der Waals surface area (Å²) in [6.45, 7) is 6.49. The maximum Gasteiger partial charge on any atom is 0.260 e. The zero-order chi connectivity index (χ0) is 18.0. The number of H-pyrrole nitrogens is 1. The number of benzene rings is 1. The lowest BCUT2D eigenvalue weighted by Gasteiger charge is -2.08. The van der Waals surface area contributed by atoms with E-state index >= 15 is 0 Å². The molecule has 0 aliphatic heterocycles. The Labute approximate surface area is 160 Å². The summed E-state index contributed by atoms with van der Waals surface area (Å²) in [5.41, 5.74) is 2.25. The molecule has 1 aromatic carbocycles. The smallest absolute Gasteiger partial charge is 0.260 e. The largest absolute Gasteiger partial charge is 0.301 e. The molecule has 0 unspecified atom stereocenters. The van der Waals surface area contributed by atoms with Crippen molar-refractivity contribution >= 4 is 44.9 Å². The van der Waals surface area contributed by atoms with Gasteiger partial charge in [0.15, 0.2) is 5.16 Å². The fourth-order valence-corrected chi connectivity index (χ4v) is 4.87. The molecule has 0 spiro atoms. The number of nitrogens with one attached hydrogen (secondary N) is 1. The normalized spacial score (nSPS) is 12.6. The van der Waals surface area contributed by atoms with E-state index in [1.54, 1.807) is 11.3 Å². The topological polar surface area (TPSA) is 45.8 Å². The predicted molar refractivity (Wildman–Crippen MR) is 109 cm³/mol. The second-order valence-electron chi connectivity index (χ2n) is 6.32. The number of aryl methyl sites for hydroxylation is 1. The lowest BCUT2D eigenvalue weighted by molar-refractivity contribution is 0.561. The van der Waals surface area contributed by atoms with Crippen molar-refractivity contribution in [1.29, 1.82) is 0 Å². The van der Waals surface area contributed by atoms with Crippen LogP contribution in [0.2, 0.25) is 5.02 Å². The SMILES string of the molecule is CC[C@@H](C)Cc1c(C)sc2nc(SCc3cccc(Cl)c3)[nH]c(=O)c12. The Morgan fingerprint density at radius 2 is 2.20 bits per heavy atom. The summed E-state index contributed by atoms with van der Waals surface area (Å²) >= 11 is 9.17. The van der Waals surface area contributed by atoms with E-state index in [1.807, 2.05) is 24.3 Å². The molecule has 0 amide bonds. The molecule has 25 heavy (non-hydrogen) atoms. The van der Waals surface area contributed by atoms with Crippen LogP contribution < -0.4 is 5.56 Å². The highest BCUT2D eigenvalue weighted by atomic mass is 35.5. The van der Waals surface area contributed by atoms with Crippen LogP contribution >= 0.6 is 34.7 Å². The van der Waals surface area contributed by atoms with Crippen molar-refractivity contribution in [2.24, 2.45) is 5.92 Å². The van der Waals surface area contributed by atoms with Gasteiger partial charge >= 0.3 is 0 Å². The summed E-state index contributed by atoms with van der Waals surface area (Å²) in [6, 6.07) is 7.75. The van der Waals surface area contributed by atoms with Crippen LogP contribution in [-0.2, 0) is 12.2 Å². The molecule has 0 fully saturated rings. The molecular weight excluding hydrogens is 372 g/mol. The highest BCUT2D eigenvalue weighted by Gasteiger charge is 2.16. The summed E-state index contributed by atoms with van der Waals surface area (Å²) in [6.07, 6.45) is 2.04. The molecule has 0 saturated heterocycles. The van der Waals surface area contributed by atoms with Gasteiger partial charge in [-0.25, -0.2) is 4.98 Å². The van der Waals surface area contributed by atoms with E-state index in [0.717, 1.165) is 45.0 Å². The minimum atomic E-state index is -0.0266. The number of halogens is 1. The van der Waals surface area contributed by atoms with Crippen LogP contribution in [0.3, 0.4) is 0 Å². The molecule has 3 rings (SSSR count).